The van der Waals surface area contributed by atoms with Gasteiger partial charge in [0, 0.05) is 0 Å². The maximum absolute atomic E-state index is 10.6. The monoisotopic (exact) mass is 162 g/mol. The van der Waals surface area contributed by atoms with Crippen LogP contribution < -0.4 is 0 Å². The van der Waals surface area contributed by atoms with Crippen molar-refractivity contribution in [1.82, 2.24) is 0 Å². The maximum atomic E-state index is 10.6. The summed E-state index contributed by atoms with van der Waals surface area (Å²) in [4.78, 5) is 20.5. The van der Waals surface area contributed by atoms with Crippen molar-refractivity contribution in [1.29, 1.82) is 0 Å². The van der Waals surface area contributed by atoms with Crippen LogP contribution in [0.4, 0.5) is 0 Å². The molecule has 0 aliphatic rings. The molecule has 0 aromatic heterocycles. The molecule has 64 valence electrons. The molecule has 0 fully saturated rings. The summed E-state index contributed by atoms with van der Waals surface area (Å²) >= 11 is 0. The van der Waals surface area contributed by atoms with Gasteiger partial charge < -0.3 is 20.1 Å². The number of rotatable bonds is 4. The third-order valence-electron chi connectivity index (χ3n) is 1.17. The van der Waals surface area contributed by atoms with E-state index >= 15 is 0 Å². The average molecular weight is 162 g/mol. The third kappa shape index (κ3) is 2.75. The summed E-state index contributed by atoms with van der Waals surface area (Å²) < 4.78 is 0. The quantitative estimate of drug-likeness (QED) is 0.410. The fourth-order valence-electron chi connectivity index (χ4n) is 0.490. The van der Waals surface area contributed by atoms with Gasteiger partial charge in [-0.15, -0.1) is 0 Å². The molecule has 0 amide bonds. The number of carbonyl (C=O) groups excluding carboxylic acids is 2. The summed E-state index contributed by atoms with van der Waals surface area (Å²) in [5, 5.41) is 26.0. The first kappa shape index (κ1) is 10.2. The fourth-order valence-corrected chi connectivity index (χ4v) is 0.490. The van der Waals surface area contributed by atoms with Gasteiger partial charge in [-0.1, -0.05) is 0 Å². The van der Waals surface area contributed by atoms with Crippen molar-refractivity contribution < 1.29 is 24.9 Å². The lowest BCUT2D eigenvalue weighted by molar-refractivity contribution is -0.143. The van der Waals surface area contributed by atoms with Crippen LogP contribution in [0.15, 0.2) is 0 Å². The highest BCUT2D eigenvalue weighted by molar-refractivity contribution is 5.89. The molecule has 0 aliphatic carbocycles. The Balaban J connectivity index is 4.12. The maximum Gasteiger partial charge on any atom is 0.192 e. The standard InChI is InChI=1S/C6H10O5/c1-3(8)5(10)6(11)4(9)2-7/h2-4,6,8-9,11H,1H3. The lowest BCUT2D eigenvalue weighted by Gasteiger charge is -2.12. The van der Waals surface area contributed by atoms with Gasteiger partial charge in [0.15, 0.2) is 12.1 Å². The van der Waals surface area contributed by atoms with Crippen LogP contribution in [0.2, 0.25) is 0 Å². The molecule has 0 spiro atoms. The third-order valence-corrected chi connectivity index (χ3v) is 1.17. The minimum Gasteiger partial charge on any atom is -0.386 e. The zero-order valence-corrected chi connectivity index (χ0v) is 5.97. The van der Waals surface area contributed by atoms with Crippen molar-refractivity contribution in [3.63, 3.8) is 0 Å². The van der Waals surface area contributed by atoms with E-state index in [0.717, 1.165) is 6.92 Å². The Labute approximate surface area is 63.3 Å². The van der Waals surface area contributed by atoms with E-state index < -0.39 is 24.1 Å². The molecule has 0 bridgehead atoms. The lowest BCUT2D eigenvalue weighted by atomic mass is 10.1. The van der Waals surface area contributed by atoms with Gasteiger partial charge in [0.1, 0.15) is 18.3 Å². The topological polar surface area (TPSA) is 94.8 Å². The number of aldehydes is 1. The van der Waals surface area contributed by atoms with E-state index in [2.05, 4.69) is 0 Å². The van der Waals surface area contributed by atoms with Crippen LogP contribution in [0, 0.1) is 0 Å². The van der Waals surface area contributed by atoms with E-state index in [1.807, 2.05) is 0 Å². The summed E-state index contributed by atoms with van der Waals surface area (Å²) in [7, 11) is 0. The second-order valence-electron chi connectivity index (χ2n) is 2.15. The molecule has 0 aromatic rings. The normalized spacial score (nSPS) is 18.5. The minimum atomic E-state index is -1.83. The van der Waals surface area contributed by atoms with Crippen molar-refractivity contribution in [2.75, 3.05) is 0 Å². The van der Waals surface area contributed by atoms with Crippen molar-refractivity contribution in [2.24, 2.45) is 0 Å². The minimum absolute atomic E-state index is 0.0327. The molecular formula is C6H10O5. The first-order valence-corrected chi connectivity index (χ1v) is 3.04. The van der Waals surface area contributed by atoms with Gasteiger partial charge in [-0.3, -0.25) is 4.79 Å². The lowest BCUT2D eigenvalue weighted by Crippen LogP contribution is -2.40. The Morgan fingerprint density at radius 1 is 1.36 bits per heavy atom. The zero-order valence-electron chi connectivity index (χ0n) is 5.97. The first-order chi connectivity index (χ1) is 5.00. The summed E-state index contributed by atoms with van der Waals surface area (Å²) in [5.74, 6) is -0.968. The molecule has 0 saturated carbocycles. The van der Waals surface area contributed by atoms with Crippen LogP contribution in [0.1, 0.15) is 6.92 Å². The molecule has 0 radical (unpaired) electrons. The van der Waals surface area contributed by atoms with Crippen molar-refractivity contribution in [3.05, 3.63) is 0 Å². The molecule has 3 atom stereocenters. The summed E-state index contributed by atoms with van der Waals surface area (Å²) in [6, 6.07) is 0. The Morgan fingerprint density at radius 2 is 1.82 bits per heavy atom. The number of carbonyl (C=O) groups is 2. The predicted octanol–water partition coefficient (Wildman–Crippen LogP) is -2.14. The van der Waals surface area contributed by atoms with Crippen molar-refractivity contribution >= 4 is 12.1 Å². The van der Waals surface area contributed by atoms with E-state index in [1.54, 1.807) is 0 Å². The van der Waals surface area contributed by atoms with Crippen LogP contribution in [0.5, 0.6) is 0 Å². The van der Waals surface area contributed by atoms with Crippen LogP contribution in [-0.4, -0.2) is 45.7 Å². The highest BCUT2D eigenvalue weighted by Crippen LogP contribution is 1.96. The second-order valence-corrected chi connectivity index (χ2v) is 2.15. The molecule has 11 heavy (non-hydrogen) atoms. The van der Waals surface area contributed by atoms with Crippen molar-refractivity contribution in [2.45, 2.75) is 25.2 Å². The molecule has 0 aromatic carbocycles. The van der Waals surface area contributed by atoms with Gasteiger partial charge in [-0.05, 0) is 6.92 Å². The number of hydrogen-bond acceptors (Lipinski definition) is 5. The molecular weight excluding hydrogens is 152 g/mol. The second kappa shape index (κ2) is 4.17. The van der Waals surface area contributed by atoms with Gasteiger partial charge >= 0.3 is 0 Å². The molecule has 0 rings (SSSR count). The smallest absolute Gasteiger partial charge is 0.192 e. The number of aliphatic hydroxyl groups excluding tert-OH is 3. The number of hydrogen-bond donors (Lipinski definition) is 3. The first-order valence-electron chi connectivity index (χ1n) is 3.04. The van der Waals surface area contributed by atoms with Gasteiger partial charge in [-0.25, -0.2) is 0 Å². The van der Waals surface area contributed by atoms with Gasteiger partial charge in [-0.2, -0.15) is 0 Å². The largest absolute Gasteiger partial charge is 0.386 e. The number of aliphatic hydroxyl groups is 3. The van der Waals surface area contributed by atoms with Crippen LogP contribution >= 0.6 is 0 Å². The number of ketones is 1. The molecule has 0 saturated heterocycles. The SMILES string of the molecule is CC(O)C(=O)C(O)C(O)C=O. The Morgan fingerprint density at radius 3 is 2.09 bits per heavy atom. The molecule has 5 heteroatoms. The summed E-state index contributed by atoms with van der Waals surface area (Å²) in [5.41, 5.74) is 0. The molecule has 3 unspecified atom stereocenters. The Hall–Kier alpha value is -0.780. The number of Topliss-reactive ketones (excluding diaryl/α,β-unsaturated/α-hetero) is 1. The van der Waals surface area contributed by atoms with E-state index in [9.17, 15) is 9.59 Å². The Bertz CT molecular complexity index is 153. The van der Waals surface area contributed by atoms with Gasteiger partial charge in [0.05, 0.1) is 0 Å². The molecule has 0 aliphatic heterocycles. The molecule has 3 N–H and O–H groups in total. The fraction of sp³-hybridized carbons (Fsp3) is 0.667. The molecule has 0 heterocycles. The van der Waals surface area contributed by atoms with E-state index in [-0.39, 0.29) is 6.29 Å². The predicted molar refractivity (Wildman–Crippen MR) is 34.8 cm³/mol. The van der Waals surface area contributed by atoms with Crippen LogP contribution in [-0.2, 0) is 9.59 Å². The van der Waals surface area contributed by atoms with Crippen LogP contribution in [0.25, 0.3) is 0 Å². The van der Waals surface area contributed by atoms with Crippen molar-refractivity contribution in [3.8, 4) is 0 Å². The van der Waals surface area contributed by atoms with Gasteiger partial charge in [0.2, 0.25) is 0 Å². The Kier molecular flexibility index (Phi) is 3.88. The van der Waals surface area contributed by atoms with E-state index in [4.69, 9.17) is 15.3 Å². The zero-order chi connectivity index (χ0) is 9.02. The highest BCUT2D eigenvalue weighted by atomic mass is 16.3. The van der Waals surface area contributed by atoms with Crippen LogP contribution in [0.3, 0.4) is 0 Å². The van der Waals surface area contributed by atoms with E-state index in [1.165, 1.54) is 0 Å². The highest BCUT2D eigenvalue weighted by Gasteiger charge is 2.26. The summed E-state index contributed by atoms with van der Waals surface area (Å²) in [6.07, 6.45) is -4.92. The van der Waals surface area contributed by atoms with Gasteiger partial charge in [0.25, 0.3) is 0 Å². The average Bonchev–Trinajstić information content (AvgIpc) is 2.00. The molecule has 5 nitrogen and oxygen atoms in total. The van der Waals surface area contributed by atoms with E-state index in [0.29, 0.717) is 0 Å². The summed E-state index contributed by atoms with van der Waals surface area (Å²) in [6.45, 7) is 1.14.